The van der Waals surface area contributed by atoms with E-state index >= 15 is 0 Å². The third-order valence-corrected chi connectivity index (χ3v) is 6.36. The molecule has 0 bridgehead atoms. The number of nitrogens with zero attached hydrogens (tertiary/aromatic N) is 1. The quantitative estimate of drug-likeness (QED) is 0.662. The summed E-state index contributed by atoms with van der Waals surface area (Å²) in [5.41, 5.74) is 5.19. The fraction of sp³-hybridized carbons (Fsp3) is 0.923. The highest BCUT2D eigenvalue weighted by Crippen LogP contribution is 2.39. The fourth-order valence-electron chi connectivity index (χ4n) is 2.87. The smallest absolute Gasteiger partial charge is 0.308 e. The van der Waals surface area contributed by atoms with Crippen molar-refractivity contribution in [3.05, 3.63) is 0 Å². The molecule has 8 heteroatoms. The van der Waals surface area contributed by atoms with Crippen molar-refractivity contribution in [1.29, 1.82) is 0 Å². The molecule has 0 aromatic carbocycles. The van der Waals surface area contributed by atoms with Gasteiger partial charge in [0.25, 0.3) is 10.2 Å². The van der Waals surface area contributed by atoms with Gasteiger partial charge in [0.15, 0.2) is 0 Å². The summed E-state index contributed by atoms with van der Waals surface area (Å²) in [6.45, 7) is 2.82. The van der Waals surface area contributed by atoms with E-state index in [9.17, 15) is 13.2 Å². The predicted molar refractivity (Wildman–Crippen MR) is 78.6 cm³/mol. The number of esters is 1. The monoisotopic (exact) mass is 319 g/mol. The summed E-state index contributed by atoms with van der Waals surface area (Å²) < 4.78 is 33.8. The average Bonchev–Trinajstić information content (AvgIpc) is 3.31. The average molecular weight is 319 g/mol. The second kappa shape index (κ2) is 6.20. The number of carbonyl (C=O) groups is 1. The van der Waals surface area contributed by atoms with Gasteiger partial charge in [0.1, 0.15) is 0 Å². The van der Waals surface area contributed by atoms with Gasteiger partial charge in [-0.1, -0.05) is 0 Å². The van der Waals surface area contributed by atoms with Gasteiger partial charge in [0, 0.05) is 25.2 Å². The van der Waals surface area contributed by atoms with E-state index in [2.05, 4.69) is 4.72 Å². The van der Waals surface area contributed by atoms with Crippen LogP contribution >= 0.6 is 0 Å². The molecule has 1 saturated carbocycles. The Bertz CT molecular complexity index is 484. The van der Waals surface area contributed by atoms with E-state index in [0.29, 0.717) is 31.8 Å². The molecule has 0 aromatic heterocycles. The van der Waals surface area contributed by atoms with Crippen molar-refractivity contribution in [3.8, 4) is 0 Å². The van der Waals surface area contributed by atoms with Crippen molar-refractivity contribution in [1.82, 2.24) is 9.03 Å². The molecule has 2 rings (SSSR count). The molecule has 2 aliphatic rings. The molecule has 0 aromatic rings. The Balaban J connectivity index is 1.96. The maximum Gasteiger partial charge on any atom is 0.308 e. The van der Waals surface area contributed by atoms with Crippen molar-refractivity contribution in [2.24, 2.45) is 17.6 Å². The molecule has 122 valence electrons. The minimum atomic E-state index is -3.56. The van der Waals surface area contributed by atoms with E-state index in [1.165, 1.54) is 11.4 Å². The van der Waals surface area contributed by atoms with Crippen molar-refractivity contribution in [2.75, 3.05) is 26.7 Å². The summed E-state index contributed by atoms with van der Waals surface area (Å²) in [7, 11) is -2.21. The third kappa shape index (κ3) is 3.74. The minimum Gasteiger partial charge on any atom is -0.469 e. The Hall–Kier alpha value is -0.700. The number of nitrogens with two attached hydrogens (primary N) is 1. The van der Waals surface area contributed by atoms with Crippen molar-refractivity contribution in [3.63, 3.8) is 0 Å². The summed E-state index contributed by atoms with van der Waals surface area (Å²) in [4.78, 5) is 11.5. The van der Waals surface area contributed by atoms with Crippen molar-refractivity contribution in [2.45, 2.75) is 38.1 Å². The van der Waals surface area contributed by atoms with Crippen LogP contribution in [-0.2, 0) is 19.7 Å². The van der Waals surface area contributed by atoms with Crippen LogP contribution in [0, 0.1) is 11.8 Å². The van der Waals surface area contributed by atoms with E-state index in [4.69, 9.17) is 10.5 Å². The molecular weight excluding hydrogens is 294 g/mol. The number of piperidine rings is 1. The van der Waals surface area contributed by atoms with Crippen molar-refractivity contribution >= 4 is 16.2 Å². The Morgan fingerprint density at radius 3 is 2.33 bits per heavy atom. The first-order valence-corrected chi connectivity index (χ1v) is 8.83. The van der Waals surface area contributed by atoms with Crippen LogP contribution in [0.2, 0.25) is 0 Å². The van der Waals surface area contributed by atoms with E-state index in [-0.39, 0.29) is 18.4 Å². The predicted octanol–water partition coefficient (Wildman–Crippen LogP) is -0.167. The molecule has 1 aliphatic carbocycles. The standard InChI is InChI=1S/C13H25N3O4S/c1-13(9-14,11-3-4-11)15-21(18,19)16-7-5-10(6-8-16)12(17)20-2/h10-11,15H,3-9,14H2,1-2H3. The van der Waals surface area contributed by atoms with Crippen LogP contribution in [0.4, 0.5) is 0 Å². The Labute approximate surface area is 126 Å². The molecule has 1 aliphatic heterocycles. The lowest BCUT2D eigenvalue weighted by Crippen LogP contribution is -2.58. The topological polar surface area (TPSA) is 102 Å². The number of methoxy groups -OCH3 is 1. The number of hydrogen-bond acceptors (Lipinski definition) is 5. The van der Waals surface area contributed by atoms with Crippen LogP contribution in [0.15, 0.2) is 0 Å². The maximum atomic E-state index is 12.5. The van der Waals surface area contributed by atoms with E-state index in [1.54, 1.807) is 0 Å². The Morgan fingerprint density at radius 2 is 1.90 bits per heavy atom. The van der Waals surface area contributed by atoms with E-state index in [0.717, 1.165) is 12.8 Å². The van der Waals surface area contributed by atoms with Crippen molar-refractivity contribution < 1.29 is 17.9 Å². The summed E-state index contributed by atoms with van der Waals surface area (Å²) in [5.74, 6) is -0.138. The second-order valence-corrected chi connectivity index (χ2v) is 7.87. The molecule has 7 nitrogen and oxygen atoms in total. The zero-order chi connectivity index (χ0) is 15.7. The van der Waals surface area contributed by atoms with Crippen LogP contribution in [0.1, 0.15) is 32.6 Å². The van der Waals surface area contributed by atoms with Gasteiger partial charge >= 0.3 is 5.97 Å². The summed E-state index contributed by atoms with van der Waals surface area (Å²) in [5, 5.41) is 0. The number of hydrogen-bond donors (Lipinski definition) is 2. The minimum absolute atomic E-state index is 0.203. The number of nitrogens with one attached hydrogen (secondary N) is 1. The zero-order valence-electron chi connectivity index (χ0n) is 12.7. The molecule has 3 N–H and O–H groups in total. The van der Waals surface area contributed by atoms with Gasteiger partial charge in [0.05, 0.1) is 13.0 Å². The van der Waals surface area contributed by atoms with Crippen LogP contribution in [-0.4, -0.2) is 51.0 Å². The lowest BCUT2D eigenvalue weighted by atomic mass is 9.98. The van der Waals surface area contributed by atoms with E-state index in [1.807, 2.05) is 6.92 Å². The first-order valence-electron chi connectivity index (χ1n) is 7.39. The Morgan fingerprint density at radius 1 is 1.33 bits per heavy atom. The van der Waals surface area contributed by atoms with Crippen LogP contribution in [0.25, 0.3) is 0 Å². The van der Waals surface area contributed by atoms with Gasteiger partial charge in [-0.3, -0.25) is 4.79 Å². The summed E-state index contributed by atoms with van der Waals surface area (Å²) >= 11 is 0. The van der Waals surface area contributed by atoms with E-state index < -0.39 is 15.7 Å². The molecule has 0 radical (unpaired) electrons. The van der Waals surface area contributed by atoms with Gasteiger partial charge in [-0.2, -0.15) is 17.4 Å². The highest BCUT2D eigenvalue weighted by molar-refractivity contribution is 7.87. The zero-order valence-corrected chi connectivity index (χ0v) is 13.5. The summed E-state index contributed by atoms with van der Waals surface area (Å²) in [6.07, 6.45) is 3.02. The molecular formula is C13H25N3O4S. The highest BCUT2D eigenvalue weighted by Gasteiger charge is 2.44. The van der Waals surface area contributed by atoms with Gasteiger partial charge in [-0.25, -0.2) is 0 Å². The molecule has 1 saturated heterocycles. The van der Waals surface area contributed by atoms with Gasteiger partial charge in [-0.15, -0.1) is 0 Å². The largest absolute Gasteiger partial charge is 0.469 e. The Kier molecular flexibility index (Phi) is 4.92. The first kappa shape index (κ1) is 16.7. The van der Waals surface area contributed by atoms with Crippen LogP contribution in [0.3, 0.4) is 0 Å². The molecule has 2 fully saturated rings. The fourth-order valence-corrected chi connectivity index (χ4v) is 4.53. The lowest BCUT2D eigenvalue weighted by molar-refractivity contribution is -0.146. The molecule has 0 spiro atoms. The summed E-state index contributed by atoms with van der Waals surface area (Å²) in [6, 6.07) is 0. The first-order chi connectivity index (χ1) is 9.82. The molecule has 21 heavy (non-hydrogen) atoms. The molecule has 0 amide bonds. The highest BCUT2D eigenvalue weighted by atomic mass is 32.2. The van der Waals surface area contributed by atoms with Gasteiger partial charge in [-0.05, 0) is 38.5 Å². The molecule has 1 atom stereocenters. The third-order valence-electron chi connectivity index (χ3n) is 4.59. The number of rotatable bonds is 6. The van der Waals surface area contributed by atoms with Gasteiger partial charge < -0.3 is 10.5 Å². The second-order valence-electron chi connectivity index (χ2n) is 6.20. The maximum absolute atomic E-state index is 12.5. The van der Waals surface area contributed by atoms with Gasteiger partial charge in [0.2, 0.25) is 0 Å². The normalized spacial score (nSPS) is 24.5. The molecule has 1 unspecified atom stereocenters. The van der Waals surface area contributed by atoms with Crippen LogP contribution < -0.4 is 10.5 Å². The number of carbonyl (C=O) groups excluding carboxylic acids is 1. The SMILES string of the molecule is COC(=O)C1CCN(S(=O)(=O)NC(C)(CN)C2CC2)CC1. The number of ether oxygens (including phenoxy) is 1. The van der Waals surface area contributed by atoms with Crippen LogP contribution in [0.5, 0.6) is 0 Å². The molecule has 1 heterocycles. The lowest BCUT2D eigenvalue weighted by Gasteiger charge is -2.35.